The average Bonchev–Trinajstić information content (AvgIpc) is 2.46. The number of nitrogens with two attached hydrogens (primary N) is 1. The van der Waals surface area contributed by atoms with Gasteiger partial charge >= 0.3 is 12.0 Å². The maximum atomic E-state index is 9.41. The van der Waals surface area contributed by atoms with Crippen LogP contribution in [0.4, 0.5) is 5.95 Å². The van der Waals surface area contributed by atoms with Crippen molar-refractivity contribution in [3.8, 4) is 35.0 Å². The number of phenolic OH excluding ortho intramolecular Hbond substituents is 2. The van der Waals surface area contributed by atoms with Crippen molar-refractivity contribution in [2.45, 2.75) is 0 Å². The Morgan fingerprint density at radius 3 is 1.65 bits per heavy atom. The van der Waals surface area contributed by atoms with E-state index in [-0.39, 0.29) is 29.5 Å². The first-order valence-corrected chi connectivity index (χ1v) is 6.54. The monoisotopic (exact) mass is 312 g/mol. The normalized spacial score (nSPS) is 10.3. The fourth-order valence-corrected chi connectivity index (χ4v) is 1.75. The van der Waals surface area contributed by atoms with Gasteiger partial charge in [0.05, 0.1) is 0 Å². The number of anilines is 1. The molecule has 23 heavy (non-hydrogen) atoms. The van der Waals surface area contributed by atoms with Crippen LogP contribution in [0.25, 0.3) is 0 Å². The average molecular weight is 312 g/mol. The van der Waals surface area contributed by atoms with Crippen LogP contribution in [0.5, 0.6) is 35.0 Å². The molecule has 3 rings (SSSR count). The van der Waals surface area contributed by atoms with E-state index < -0.39 is 0 Å². The molecule has 0 fully saturated rings. The lowest BCUT2D eigenvalue weighted by atomic mass is 10.3. The van der Waals surface area contributed by atoms with Gasteiger partial charge in [0.25, 0.3) is 0 Å². The van der Waals surface area contributed by atoms with Crippen molar-refractivity contribution in [1.29, 1.82) is 0 Å². The molecule has 0 aliphatic carbocycles. The predicted molar refractivity (Wildman–Crippen MR) is 80.6 cm³/mol. The summed E-state index contributed by atoms with van der Waals surface area (Å²) >= 11 is 0. The second kappa shape index (κ2) is 6.06. The van der Waals surface area contributed by atoms with Crippen LogP contribution >= 0.6 is 0 Å². The zero-order valence-electron chi connectivity index (χ0n) is 11.7. The highest BCUT2D eigenvalue weighted by atomic mass is 16.5. The summed E-state index contributed by atoms with van der Waals surface area (Å²) in [5, 5.41) is 18.8. The molecule has 0 unspecified atom stereocenters. The summed E-state index contributed by atoms with van der Waals surface area (Å²) in [5.74, 6) is 0.657. The Morgan fingerprint density at radius 1 is 0.739 bits per heavy atom. The van der Waals surface area contributed by atoms with Gasteiger partial charge in [-0.2, -0.15) is 9.97 Å². The van der Waals surface area contributed by atoms with Crippen molar-refractivity contribution in [2.75, 3.05) is 5.73 Å². The summed E-state index contributed by atoms with van der Waals surface area (Å²) in [6.45, 7) is 0. The number of aromatic hydroxyl groups is 2. The van der Waals surface area contributed by atoms with Crippen LogP contribution in [-0.4, -0.2) is 25.2 Å². The van der Waals surface area contributed by atoms with Crippen LogP contribution in [0.1, 0.15) is 0 Å². The van der Waals surface area contributed by atoms with Crippen molar-refractivity contribution in [1.82, 2.24) is 15.0 Å². The Kier molecular flexibility index (Phi) is 3.79. The highest BCUT2D eigenvalue weighted by Gasteiger charge is 2.09. The summed E-state index contributed by atoms with van der Waals surface area (Å²) < 4.78 is 10.8. The first-order valence-electron chi connectivity index (χ1n) is 6.54. The molecule has 4 N–H and O–H groups in total. The van der Waals surface area contributed by atoms with Crippen LogP contribution in [-0.2, 0) is 0 Å². The van der Waals surface area contributed by atoms with E-state index in [9.17, 15) is 10.2 Å². The van der Waals surface area contributed by atoms with Crippen molar-refractivity contribution in [3.05, 3.63) is 48.5 Å². The molecule has 0 spiro atoms. The van der Waals surface area contributed by atoms with Crippen LogP contribution in [0.3, 0.4) is 0 Å². The van der Waals surface area contributed by atoms with Gasteiger partial charge in [0.2, 0.25) is 5.95 Å². The number of hydrogen-bond acceptors (Lipinski definition) is 8. The molecule has 0 radical (unpaired) electrons. The number of hydrogen-bond donors (Lipinski definition) is 3. The number of phenols is 2. The third-order valence-electron chi connectivity index (χ3n) is 2.67. The van der Waals surface area contributed by atoms with Crippen molar-refractivity contribution >= 4 is 5.95 Å². The standard InChI is InChI=1S/C15H12N4O4/c16-13-17-14(22-11-5-1-3-9(20)7-11)19-15(18-13)23-12-6-2-4-10(21)8-12/h1-8,20-21H,(H2,16,17,18,19). The fraction of sp³-hybridized carbons (Fsp3) is 0. The number of ether oxygens (including phenoxy) is 2. The molecule has 3 aromatic rings. The molecular weight excluding hydrogens is 300 g/mol. The molecule has 0 aliphatic rings. The summed E-state index contributed by atoms with van der Waals surface area (Å²) in [4.78, 5) is 11.7. The van der Waals surface area contributed by atoms with E-state index in [4.69, 9.17) is 15.2 Å². The minimum atomic E-state index is -0.0923. The number of rotatable bonds is 4. The maximum absolute atomic E-state index is 9.41. The van der Waals surface area contributed by atoms with E-state index in [0.29, 0.717) is 11.5 Å². The maximum Gasteiger partial charge on any atom is 0.330 e. The van der Waals surface area contributed by atoms with Gasteiger partial charge in [-0.1, -0.05) is 12.1 Å². The smallest absolute Gasteiger partial charge is 0.330 e. The summed E-state index contributed by atoms with van der Waals surface area (Å²) in [6, 6.07) is 12.1. The molecule has 0 bridgehead atoms. The van der Waals surface area contributed by atoms with Gasteiger partial charge in [-0.3, -0.25) is 0 Å². The molecule has 0 saturated carbocycles. The van der Waals surface area contributed by atoms with E-state index in [1.807, 2.05) is 0 Å². The van der Waals surface area contributed by atoms with Gasteiger partial charge in [0.1, 0.15) is 23.0 Å². The number of benzene rings is 2. The quantitative estimate of drug-likeness (QED) is 0.671. The van der Waals surface area contributed by atoms with Crippen molar-refractivity contribution < 1.29 is 19.7 Å². The van der Waals surface area contributed by atoms with E-state index in [1.165, 1.54) is 24.3 Å². The Bertz CT molecular complexity index is 775. The number of aromatic nitrogens is 3. The van der Waals surface area contributed by atoms with Crippen molar-refractivity contribution in [2.24, 2.45) is 0 Å². The van der Waals surface area contributed by atoms with Gasteiger partial charge in [0.15, 0.2) is 0 Å². The van der Waals surface area contributed by atoms with Crippen LogP contribution in [0, 0.1) is 0 Å². The molecule has 2 aromatic carbocycles. The predicted octanol–water partition coefficient (Wildman–Crippen LogP) is 2.45. The topological polar surface area (TPSA) is 124 Å². The molecule has 0 amide bonds. The molecule has 0 saturated heterocycles. The third kappa shape index (κ3) is 3.76. The molecule has 116 valence electrons. The molecule has 1 heterocycles. The first-order chi connectivity index (χ1) is 11.1. The van der Waals surface area contributed by atoms with E-state index in [0.717, 1.165) is 0 Å². The highest BCUT2D eigenvalue weighted by Crippen LogP contribution is 2.26. The Hall–Kier alpha value is -3.55. The van der Waals surface area contributed by atoms with Crippen LogP contribution in [0.15, 0.2) is 48.5 Å². The van der Waals surface area contributed by atoms with E-state index in [2.05, 4.69) is 15.0 Å². The second-order valence-electron chi connectivity index (χ2n) is 4.46. The molecule has 0 atom stereocenters. The van der Waals surface area contributed by atoms with Gasteiger partial charge in [-0.25, -0.2) is 0 Å². The minimum absolute atomic E-state index is 0.0424. The van der Waals surface area contributed by atoms with Crippen LogP contribution < -0.4 is 15.2 Å². The lowest BCUT2D eigenvalue weighted by Crippen LogP contribution is -2.02. The SMILES string of the molecule is Nc1nc(Oc2cccc(O)c2)nc(Oc2cccc(O)c2)n1. The summed E-state index contributed by atoms with van der Waals surface area (Å²) in [7, 11) is 0. The Labute approximate surface area is 130 Å². The molecule has 1 aromatic heterocycles. The highest BCUT2D eigenvalue weighted by molar-refractivity contribution is 5.36. The number of nitrogen functional groups attached to an aromatic ring is 1. The zero-order valence-corrected chi connectivity index (χ0v) is 11.7. The van der Waals surface area contributed by atoms with Gasteiger partial charge in [-0.15, -0.1) is 4.98 Å². The second-order valence-corrected chi connectivity index (χ2v) is 4.46. The summed E-state index contributed by atoms with van der Waals surface area (Å²) in [5.41, 5.74) is 5.61. The zero-order chi connectivity index (χ0) is 16.2. The van der Waals surface area contributed by atoms with Crippen molar-refractivity contribution in [3.63, 3.8) is 0 Å². The van der Waals surface area contributed by atoms with E-state index >= 15 is 0 Å². The fourth-order valence-electron chi connectivity index (χ4n) is 1.75. The molecule has 8 nitrogen and oxygen atoms in total. The van der Waals surface area contributed by atoms with Gasteiger partial charge in [-0.05, 0) is 24.3 Å². The molecule has 8 heteroatoms. The lowest BCUT2D eigenvalue weighted by molar-refractivity contribution is 0.394. The largest absolute Gasteiger partial charge is 0.508 e. The molecular formula is C15H12N4O4. The Balaban J connectivity index is 1.84. The Morgan fingerprint density at radius 2 is 1.22 bits per heavy atom. The van der Waals surface area contributed by atoms with Gasteiger partial charge in [0, 0.05) is 12.1 Å². The third-order valence-corrected chi connectivity index (χ3v) is 2.67. The van der Waals surface area contributed by atoms with Gasteiger partial charge < -0.3 is 25.4 Å². The summed E-state index contributed by atoms with van der Waals surface area (Å²) in [6.07, 6.45) is 0. The first kappa shape index (κ1) is 14.4. The van der Waals surface area contributed by atoms with E-state index in [1.54, 1.807) is 24.3 Å². The molecule has 0 aliphatic heterocycles. The lowest BCUT2D eigenvalue weighted by Gasteiger charge is -2.07. The van der Waals surface area contributed by atoms with Crippen LogP contribution in [0.2, 0.25) is 0 Å². The minimum Gasteiger partial charge on any atom is -0.508 e. The number of nitrogens with zero attached hydrogens (tertiary/aromatic N) is 3.